The molecule has 2 saturated heterocycles. The van der Waals surface area contributed by atoms with Gasteiger partial charge in [-0.1, -0.05) is 13.3 Å². The van der Waals surface area contributed by atoms with Gasteiger partial charge in [0.15, 0.2) is 0 Å². The molecule has 2 heterocycles. The van der Waals surface area contributed by atoms with Crippen LogP contribution in [0.3, 0.4) is 0 Å². The zero-order valence-corrected chi connectivity index (χ0v) is 18.3. The highest BCUT2D eigenvalue weighted by molar-refractivity contribution is 5.86. The van der Waals surface area contributed by atoms with Gasteiger partial charge in [-0.2, -0.15) is 13.2 Å². The van der Waals surface area contributed by atoms with Crippen LogP contribution in [0.5, 0.6) is 0 Å². The third-order valence-electron chi connectivity index (χ3n) is 5.19. The summed E-state index contributed by atoms with van der Waals surface area (Å²) in [6.07, 6.45) is -0.883. The van der Waals surface area contributed by atoms with Gasteiger partial charge in [0, 0.05) is 19.5 Å². The predicted molar refractivity (Wildman–Crippen MR) is 108 cm³/mol. The van der Waals surface area contributed by atoms with E-state index in [2.05, 4.69) is 0 Å². The summed E-state index contributed by atoms with van der Waals surface area (Å²) in [6.45, 7) is 3.61. The number of halogens is 3. The number of aliphatic carboxylic acids is 2. The van der Waals surface area contributed by atoms with Crippen LogP contribution >= 0.6 is 0 Å². The van der Waals surface area contributed by atoms with Gasteiger partial charge in [-0.25, -0.2) is 14.4 Å². The van der Waals surface area contributed by atoms with E-state index in [4.69, 9.17) is 9.90 Å². The molecule has 186 valence electrons. The second-order valence-electron chi connectivity index (χ2n) is 7.65. The van der Waals surface area contributed by atoms with Gasteiger partial charge in [-0.15, -0.1) is 0 Å². The average molecular weight is 479 g/mol. The first-order chi connectivity index (χ1) is 15.4. The molecule has 2 aliphatic heterocycles. The number of carbonyl (C=O) groups is 4. The summed E-state index contributed by atoms with van der Waals surface area (Å²) >= 11 is 0. The third-order valence-corrected chi connectivity index (χ3v) is 5.19. The van der Waals surface area contributed by atoms with Gasteiger partial charge >= 0.3 is 18.1 Å². The van der Waals surface area contributed by atoms with Crippen LogP contribution in [0.15, 0.2) is 5.70 Å². The van der Waals surface area contributed by atoms with Crippen molar-refractivity contribution in [1.29, 1.82) is 0 Å². The minimum Gasteiger partial charge on any atom is -0.480 e. The predicted octanol–water partition coefficient (Wildman–Crippen LogP) is 1.14. The summed E-state index contributed by atoms with van der Waals surface area (Å²) in [5.41, 5.74) is 0.377. The molecule has 0 unspecified atom stereocenters. The summed E-state index contributed by atoms with van der Waals surface area (Å²) in [5.74, 6) is -2.38. The largest absolute Gasteiger partial charge is 0.490 e. The van der Waals surface area contributed by atoms with Gasteiger partial charge in [0.2, 0.25) is 11.8 Å². The summed E-state index contributed by atoms with van der Waals surface area (Å²) in [5, 5.41) is 16.4. The molecule has 0 bridgehead atoms. The maximum absolute atomic E-state index is 12.6. The standard InChI is InChI=1S/C18H27N3O5.C2HF3O2/c1-2-3-8-19(11-16(23)20-9-4-6-14(20)13-22)12-17(24)21-10-5-7-15(21)18(25)26;3-2(4,5)1(6)7/h15H,2-12H2,1H3,(H,25,26);(H,6,7)/t15-;/m1./s1. The Morgan fingerprint density at radius 2 is 1.70 bits per heavy atom. The monoisotopic (exact) mass is 479 g/mol. The lowest BCUT2D eigenvalue weighted by atomic mass is 10.2. The fourth-order valence-corrected chi connectivity index (χ4v) is 3.53. The molecular formula is C20H28F3N3O7. The van der Waals surface area contributed by atoms with Crippen LogP contribution in [0.2, 0.25) is 0 Å². The molecule has 2 rings (SSSR count). The van der Waals surface area contributed by atoms with Crippen molar-refractivity contribution in [3.05, 3.63) is 5.70 Å². The van der Waals surface area contributed by atoms with Crippen molar-refractivity contribution in [1.82, 2.24) is 14.7 Å². The lowest BCUT2D eigenvalue weighted by Crippen LogP contribution is -2.48. The van der Waals surface area contributed by atoms with E-state index in [-0.39, 0.29) is 24.9 Å². The molecule has 1 atom stereocenters. The number of carboxylic acids is 2. The van der Waals surface area contributed by atoms with Crippen LogP contribution in [-0.2, 0) is 24.0 Å². The van der Waals surface area contributed by atoms with Crippen LogP contribution in [0.1, 0.15) is 45.4 Å². The molecule has 2 N–H and O–H groups in total. The lowest BCUT2D eigenvalue weighted by Gasteiger charge is -2.28. The van der Waals surface area contributed by atoms with Gasteiger partial charge in [0.25, 0.3) is 0 Å². The first-order valence-corrected chi connectivity index (χ1v) is 10.5. The van der Waals surface area contributed by atoms with Crippen molar-refractivity contribution in [3.63, 3.8) is 0 Å². The van der Waals surface area contributed by atoms with Crippen LogP contribution in [-0.4, -0.2) is 99.5 Å². The summed E-state index contributed by atoms with van der Waals surface area (Å²) in [6, 6.07) is -0.769. The topological polar surface area (TPSA) is 136 Å². The number of carbonyl (C=O) groups excluding carboxylic acids is 3. The molecule has 33 heavy (non-hydrogen) atoms. The Hall–Kier alpha value is -2.92. The minimum absolute atomic E-state index is 0.0174. The highest BCUT2D eigenvalue weighted by Crippen LogP contribution is 2.20. The number of allylic oxidation sites excluding steroid dienone is 1. The van der Waals surface area contributed by atoms with E-state index in [0.29, 0.717) is 44.6 Å². The number of nitrogens with zero attached hydrogens (tertiary/aromatic N) is 3. The zero-order valence-electron chi connectivity index (χ0n) is 18.3. The number of hydrogen-bond acceptors (Lipinski definition) is 6. The van der Waals surface area contributed by atoms with Crippen molar-refractivity contribution in [2.45, 2.75) is 57.7 Å². The van der Waals surface area contributed by atoms with E-state index in [0.717, 1.165) is 19.3 Å². The van der Waals surface area contributed by atoms with Crippen molar-refractivity contribution < 1.29 is 47.4 Å². The minimum atomic E-state index is -5.08. The molecule has 13 heteroatoms. The third kappa shape index (κ3) is 8.85. The Kier molecular flexibility index (Phi) is 11.0. The molecule has 2 amide bonds. The van der Waals surface area contributed by atoms with Gasteiger partial charge in [0.05, 0.1) is 13.1 Å². The number of hydrogen-bond donors (Lipinski definition) is 2. The quantitative estimate of drug-likeness (QED) is 0.495. The second kappa shape index (κ2) is 12.9. The van der Waals surface area contributed by atoms with Crippen LogP contribution < -0.4 is 0 Å². The van der Waals surface area contributed by atoms with Gasteiger partial charge in [-0.3, -0.25) is 14.5 Å². The van der Waals surface area contributed by atoms with E-state index in [9.17, 15) is 37.5 Å². The Bertz CT molecular complexity index is 781. The number of rotatable bonds is 8. The molecule has 0 aromatic heterocycles. The number of likely N-dealkylation sites (tertiary alicyclic amines) is 2. The average Bonchev–Trinajstić information content (AvgIpc) is 3.40. The van der Waals surface area contributed by atoms with E-state index < -0.39 is 24.2 Å². The van der Waals surface area contributed by atoms with Gasteiger partial charge < -0.3 is 20.0 Å². The molecule has 0 aliphatic carbocycles. The van der Waals surface area contributed by atoms with Crippen molar-refractivity contribution in [2.75, 3.05) is 32.7 Å². The van der Waals surface area contributed by atoms with Crippen molar-refractivity contribution >= 4 is 29.7 Å². The number of amides is 2. The molecule has 10 nitrogen and oxygen atoms in total. The van der Waals surface area contributed by atoms with Crippen LogP contribution in [0.25, 0.3) is 0 Å². The summed E-state index contributed by atoms with van der Waals surface area (Å²) in [7, 11) is 0. The molecule has 0 saturated carbocycles. The molecule has 2 aliphatic rings. The molecular weight excluding hydrogens is 451 g/mol. The SMILES string of the molecule is CCCCN(CC(=O)N1CCCC1=C=O)CC(=O)N1CCC[C@@H]1C(=O)O.O=C(O)C(F)(F)F. The maximum Gasteiger partial charge on any atom is 0.490 e. The second-order valence-corrected chi connectivity index (χ2v) is 7.65. The normalized spacial score (nSPS) is 18.1. The van der Waals surface area contributed by atoms with E-state index >= 15 is 0 Å². The van der Waals surface area contributed by atoms with Gasteiger partial charge in [-0.05, 0) is 32.2 Å². The maximum atomic E-state index is 12.6. The highest BCUT2D eigenvalue weighted by atomic mass is 19.4. The van der Waals surface area contributed by atoms with E-state index in [1.165, 1.54) is 9.80 Å². The van der Waals surface area contributed by atoms with E-state index in [1.54, 1.807) is 4.90 Å². The van der Waals surface area contributed by atoms with Crippen molar-refractivity contribution in [3.8, 4) is 0 Å². The zero-order chi connectivity index (χ0) is 25.2. The molecule has 0 radical (unpaired) electrons. The van der Waals surface area contributed by atoms with Gasteiger partial charge in [0.1, 0.15) is 17.7 Å². The molecule has 2 fully saturated rings. The van der Waals surface area contributed by atoms with E-state index in [1.807, 2.05) is 12.9 Å². The smallest absolute Gasteiger partial charge is 0.480 e. The highest BCUT2D eigenvalue weighted by Gasteiger charge is 2.38. The fourth-order valence-electron chi connectivity index (χ4n) is 3.53. The molecule has 0 spiro atoms. The van der Waals surface area contributed by atoms with Crippen LogP contribution in [0, 0.1) is 0 Å². The summed E-state index contributed by atoms with van der Waals surface area (Å²) < 4.78 is 31.7. The van der Waals surface area contributed by atoms with Crippen LogP contribution in [0.4, 0.5) is 13.2 Å². The Morgan fingerprint density at radius 1 is 1.09 bits per heavy atom. The molecule has 0 aromatic rings. The fraction of sp³-hybridized carbons (Fsp3) is 0.700. The van der Waals surface area contributed by atoms with Crippen molar-refractivity contribution in [2.24, 2.45) is 0 Å². The first kappa shape index (κ1) is 28.1. The molecule has 0 aromatic carbocycles. The number of carboxylic acid groups (broad SMARTS) is 2. The Labute approximate surface area is 188 Å². The number of unbranched alkanes of at least 4 members (excludes halogenated alkanes) is 1. The number of alkyl halides is 3. The Morgan fingerprint density at radius 3 is 2.21 bits per heavy atom. The first-order valence-electron chi connectivity index (χ1n) is 10.5. The summed E-state index contributed by atoms with van der Waals surface area (Å²) in [4.78, 5) is 60.9. The lowest BCUT2D eigenvalue weighted by molar-refractivity contribution is -0.192. The Balaban J connectivity index is 0.000000675.